The van der Waals surface area contributed by atoms with Gasteiger partial charge in [-0.25, -0.2) is 0 Å². The predicted octanol–water partition coefficient (Wildman–Crippen LogP) is 2.54. The molecule has 2 heterocycles. The van der Waals surface area contributed by atoms with E-state index in [4.69, 9.17) is 11.6 Å². The molecule has 1 fully saturated rings. The van der Waals surface area contributed by atoms with E-state index in [1.807, 2.05) is 17.9 Å². The molecule has 4 heteroatoms. The summed E-state index contributed by atoms with van der Waals surface area (Å²) in [5, 5.41) is 4.18. The lowest BCUT2D eigenvalue weighted by atomic mass is 9.76. The van der Waals surface area contributed by atoms with Crippen molar-refractivity contribution in [3.8, 4) is 0 Å². The summed E-state index contributed by atoms with van der Waals surface area (Å²) in [6.07, 6.45) is 2.18. The average molecular weight is 279 g/mol. The second kappa shape index (κ2) is 4.50. The third-order valence-corrected chi connectivity index (χ3v) is 4.90. The van der Waals surface area contributed by atoms with Gasteiger partial charge in [-0.2, -0.15) is 0 Å². The maximum atomic E-state index is 12.0. The first kappa shape index (κ1) is 12.9. The third kappa shape index (κ3) is 2.05. The molecule has 0 aliphatic carbocycles. The average Bonchev–Trinajstić information content (AvgIpc) is 2.81. The molecule has 1 aromatic rings. The molecule has 0 saturated carbocycles. The molecule has 1 N–H and O–H groups in total. The van der Waals surface area contributed by atoms with E-state index < -0.39 is 0 Å². The van der Waals surface area contributed by atoms with Crippen molar-refractivity contribution in [2.75, 3.05) is 24.5 Å². The van der Waals surface area contributed by atoms with Gasteiger partial charge >= 0.3 is 0 Å². The number of nitrogens with zero attached hydrogens (tertiary/aromatic N) is 1. The molecule has 0 aromatic heterocycles. The minimum Gasteiger partial charge on any atom is -0.316 e. The number of halogens is 1. The van der Waals surface area contributed by atoms with Gasteiger partial charge in [0.05, 0.1) is 5.69 Å². The summed E-state index contributed by atoms with van der Waals surface area (Å²) < 4.78 is 0. The second-order valence-electron chi connectivity index (χ2n) is 5.89. The van der Waals surface area contributed by atoms with Gasteiger partial charge in [0.2, 0.25) is 5.91 Å². The lowest BCUT2D eigenvalue weighted by molar-refractivity contribution is -0.117. The Morgan fingerprint density at radius 2 is 2.26 bits per heavy atom. The Hall–Kier alpha value is -1.06. The Balaban J connectivity index is 2.11. The molecule has 19 heavy (non-hydrogen) atoms. The van der Waals surface area contributed by atoms with Crippen LogP contribution in [-0.4, -0.2) is 25.5 Å². The molecule has 1 unspecified atom stereocenters. The maximum absolute atomic E-state index is 12.0. The van der Waals surface area contributed by atoms with Crippen LogP contribution in [0.3, 0.4) is 0 Å². The van der Waals surface area contributed by atoms with E-state index in [2.05, 4.69) is 11.4 Å². The number of benzene rings is 1. The topological polar surface area (TPSA) is 32.3 Å². The molecule has 0 radical (unpaired) electrons. The highest BCUT2D eigenvalue weighted by molar-refractivity contribution is 6.31. The molecular formula is C15H19ClN2O. The normalized spacial score (nSPS) is 25.7. The minimum absolute atomic E-state index is 0.109. The van der Waals surface area contributed by atoms with Crippen LogP contribution in [0.1, 0.15) is 24.5 Å². The van der Waals surface area contributed by atoms with E-state index in [1.54, 1.807) is 6.92 Å². The fraction of sp³-hybridized carbons (Fsp3) is 0.533. The maximum Gasteiger partial charge on any atom is 0.223 e. The summed E-state index contributed by atoms with van der Waals surface area (Å²) in [4.78, 5) is 14.0. The van der Waals surface area contributed by atoms with E-state index in [9.17, 15) is 4.79 Å². The lowest BCUT2D eigenvalue weighted by Crippen LogP contribution is -2.47. The largest absolute Gasteiger partial charge is 0.316 e. The summed E-state index contributed by atoms with van der Waals surface area (Å²) in [6.45, 7) is 6.50. The van der Waals surface area contributed by atoms with Gasteiger partial charge in [-0.05, 0) is 43.5 Å². The predicted molar refractivity (Wildman–Crippen MR) is 77.8 cm³/mol. The van der Waals surface area contributed by atoms with Crippen LogP contribution in [-0.2, 0) is 11.2 Å². The zero-order valence-corrected chi connectivity index (χ0v) is 12.2. The van der Waals surface area contributed by atoms with Gasteiger partial charge in [-0.1, -0.05) is 17.7 Å². The Labute approximate surface area is 118 Å². The van der Waals surface area contributed by atoms with Crippen molar-refractivity contribution in [3.05, 3.63) is 28.3 Å². The Morgan fingerprint density at radius 3 is 2.89 bits per heavy atom. The number of amides is 1. The Kier molecular flexibility index (Phi) is 3.06. The second-order valence-corrected chi connectivity index (χ2v) is 6.30. The van der Waals surface area contributed by atoms with Gasteiger partial charge in [0.1, 0.15) is 0 Å². The van der Waals surface area contributed by atoms with Crippen LogP contribution in [0.15, 0.2) is 12.1 Å². The van der Waals surface area contributed by atoms with Crippen LogP contribution in [0, 0.1) is 12.3 Å². The summed E-state index contributed by atoms with van der Waals surface area (Å²) in [7, 11) is 0. The molecule has 1 aromatic carbocycles. The van der Waals surface area contributed by atoms with E-state index in [0.717, 1.165) is 48.7 Å². The highest BCUT2D eigenvalue weighted by Gasteiger charge is 2.41. The quantitative estimate of drug-likeness (QED) is 0.791. The van der Waals surface area contributed by atoms with E-state index >= 15 is 0 Å². The smallest absolute Gasteiger partial charge is 0.223 e. The third-order valence-electron chi connectivity index (χ3n) is 4.49. The van der Waals surface area contributed by atoms with E-state index in [-0.39, 0.29) is 11.3 Å². The number of fused-ring (bicyclic) bond motifs is 1. The van der Waals surface area contributed by atoms with Crippen LogP contribution in [0.2, 0.25) is 5.02 Å². The number of nitrogens with one attached hydrogen (secondary N) is 1. The van der Waals surface area contributed by atoms with Gasteiger partial charge < -0.3 is 10.2 Å². The molecule has 3 nitrogen and oxygen atoms in total. The molecule has 0 bridgehead atoms. The van der Waals surface area contributed by atoms with Crippen molar-refractivity contribution in [2.24, 2.45) is 5.41 Å². The summed E-state index contributed by atoms with van der Waals surface area (Å²) in [5.74, 6) is 0.109. The number of carbonyl (C=O) groups excluding carboxylic acids is 1. The molecule has 1 spiro atoms. The van der Waals surface area contributed by atoms with Crippen LogP contribution in [0.5, 0.6) is 0 Å². The number of hydrogen-bond donors (Lipinski definition) is 1. The number of rotatable bonds is 0. The van der Waals surface area contributed by atoms with Gasteiger partial charge in [-0.3, -0.25) is 4.79 Å². The van der Waals surface area contributed by atoms with Gasteiger partial charge in [0.15, 0.2) is 0 Å². The molecule has 2 aliphatic rings. The number of carbonyl (C=O) groups is 1. The summed E-state index contributed by atoms with van der Waals surface area (Å²) >= 11 is 6.22. The minimum atomic E-state index is 0.109. The van der Waals surface area contributed by atoms with Crippen LogP contribution >= 0.6 is 11.6 Å². The molecule has 3 rings (SSSR count). The van der Waals surface area contributed by atoms with Crippen molar-refractivity contribution in [2.45, 2.75) is 26.7 Å². The first-order valence-corrected chi connectivity index (χ1v) is 7.17. The van der Waals surface area contributed by atoms with E-state index in [0.29, 0.717) is 0 Å². The molecule has 2 aliphatic heterocycles. The molecular weight excluding hydrogens is 260 g/mol. The van der Waals surface area contributed by atoms with Crippen LogP contribution in [0.25, 0.3) is 0 Å². The first-order valence-electron chi connectivity index (χ1n) is 6.79. The van der Waals surface area contributed by atoms with Crippen LogP contribution in [0.4, 0.5) is 5.69 Å². The number of hydrogen-bond acceptors (Lipinski definition) is 2. The zero-order chi connectivity index (χ0) is 13.6. The summed E-state index contributed by atoms with van der Waals surface area (Å²) in [6, 6.07) is 4.04. The lowest BCUT2D eigenvalue weighted by Gasteiger charge is -2.41. The van der Waals surface area contributed by atoms with Crippen LogP contribution < -0.4 is 10.2 Å². The fourth-order valence-electron chi connectivity index (χ4n) is 3.47. The number of anilines is 1. The monoisotopic (exact) mass is 278 g/mol. The first-order chi connectivity index (χ1) is 9.02. The van der Waals surface area contributed by atoms with Gasteiger partial charge in [0, 0.05) is 30.5 Å². The van der Waals surface area contributed by atoms with Crippen molar-refractivity contribution in [1.82, 2.24) is 5.32 Å². The standard InChI is InChI=1S/C15H19ClN2O/c1-10-13(16)4-3-12-7-15(5-6-17-8-15)9-18(11(2)19)14(10)12/h3-4,17H,5-9H2,1-2H3. The van der Waals surface area contributed by atoms with Gasteiger partial charge in [-0.15, -0.1) is 0 Å². The summed E-state index contributed by atoms with van der Waals surface area (Å²) in [5.41, 5.74) is 3.53. The highest BCUT2D eigenvalue weighted by Crippen LogP contribution is 2.43. The molecule has 1 amide bonds. The Morgan fingerprint density at radius 1 is 1.47 bits per heavy atom. The molecule has 102 valence electrons. The van der Waals surface area contributed by atoms with Gasteiger partial charge in [0.25, 0.3) is 0 Å². The Bertz CT molecular complexity index is 535. The van der Waals surface area contributed by atoms with E-state index in [1.165, 1.54) is 5.56 Å². The van der Waals surface area contributed by atoms with Crippen molar-refractivity contribution in [3.63, 3.8) is 0 Å². The van der Waals surface area contributed by atoms with Crippen molar-refractivity contribution in [1.29, 1.82) is 0 Å². The fourth-order valence-corrected chi connectivity index (χ4v) is 3.63. The zero-order valence-electron chi connectivity index (χ0n) is 11.4. The highest BCUT2D eigenvalue weighted by atomic mass is 35.5. The molecule has 1 saturated heterocycles. The van der Waals surface area contributed by atoms with Crippen molar-refractivity contribution < 1.29 is 4.79 Å². The van der Waals surface area contributed by atoms with Crippen molar-refractivity contribution >= 4 is 23.2 Å². The molecule has 1 atom stereocenters. The SMILES string of the molecule is CC(=O)N1CC2(CCNC2)Cc2ccc(Cl)c(C)c21.